The quantitative estimate of drug-likeness (QED) is 0.523. The molecule has 1 unspecified atom stereocenters. The molecule has 70 valence electrons. The predicted molar refractivity (Wildman–Crippen MR) is 44.5 cm³/mol. The fraction of sp³-hybridized carbons (Fsp3) is 0.333. The van der Waals surface area contributed by atoms with Gasteiger partial charge in [-0.3, -0.25) is 0 Å². The van der Waals surface area contributed by atoms with Gasteiger partial charge in [-0.2, -0.15) is 0 Å². The summed E-state index contributed by atoms with van der Waals surface area (Å²) >= 11 is 0. The third-order valence-corrected chi connectivity index (χ3v) is 1.39. The summed E-state index contributed by atoms with van der Waals surface area (Å²) in [6.07, 6.45) is 3.26. The first-order valence-corrected chi connectivity index (χ1v) is 3.87. The van der Waals surface area contributed by atoms with E-state index in [0.717, 1.165) is 12.2 Å². The zero-order valence-electron chi connectivity index (χ0n) is 7.44. The molecule has 0 aromatic heterocycles. The Hall–Kier alpha value is -1.58. The Kier molecular flexibility index (Phi) is 2.84. The van der Waals surface area contributed by atoms with E-state index in [1.54, 1.807) is 19.9 Å². The molecule has 0 radical (unpaired) electrons. The Morgan fingerprint density at radius 3 is 2.54 bits per heavy atom. The molecule has 0 aliphatic carbocycles. The van der Waals surface area contributed by atoms with Crippen molar-refractivity contribution in [3.05, 3.63) is 24.0 Å². The van der Waals surface area contributed by atoms with Crippen molar-refractivity contribution in [3.8, 4) is 0 Å². The van der Waals surface area contributed by atoms with Gasteiger partial charge in [0.15, 0.2) is 0 Å². The number of allylic oxidation sites excluding steroid dienone is 1. The van der Waals surface area contributed by atoms with E-state index in [-0.39, 0.29) is 6.10 Å². The maximum atomic E-state index is 10.9. The number of carbonyl (C=O) groups is 2. The van der Waals surface area contributed by atoms with E-state index in [2.05, 4.69) is 0 Å². The summed E-state index contributed by atoms with van der Waals surface area (Å²) in [6, 6.07) is 0. The SMILES string of the molecule is C/C1=C/C(C)OC(=O)/C=C\C(=O)O1. The van der Waals surface area contributed by atoms with Crippen molar-refractivity contribution >= 4 is 11.9 Å². The predicted octanol–water partition coefficient (Wildman–Crippen LogP) is 0.935. The number of hydrogen-bond donors (Lipinski definition) is 0. The minimum Gasteiger partial charge on any atom is -0.455 e. The molecule has 13 heavy (non-hydrogen) atoms. The van der Waals surface area contributed by atoms with E-state index in [1.165, 1.54) is 0 Å². The van der Waals surface area contributed by atoms with Crippen molar-refractivity contribution in [1.82, 2.24) is 0 Å². The van der Waals surface area contributed by atoms with Crippen LogP contribution in [0.2, 0.25) is 0 Å². The average Bonchev–Trinajstić information content (AvgIpc) is 2.02. The number of ether oxygens (including phenoxy) is 2. The van der Waals surface area contributed by atoms with Crippen LogP contribution >= 0.6 is 0 Å². The van der Waals surface area contributed by atoms with Crippen LogP contribution in [0.5, 0.6) is 0 Å². The van der Waals surface area contributed by atoms with Crippen molar-refractivity contribution < 1.29 is 19.1 Å². The van der Waals surface area contributed by atoms with E-state index in [0.29, 0.717) is 5.76 Å². The number of rotatable bonds is 0. The molecule has 4 nitrogen and oxygen atoms in total. The summed E-state index contributed by atoms with van der Waals surface area (Å²) in [7, 11) is 0. The van der Waals surface area contributed by atoms with Crippen LogP contribution in [-0.2, 0) is 19.1 Å². The molecule has 0 N–H and O–H groups in total. The zero-order chi connectivity index (χ0) is 9.84. The Balaban J connectivity index is 2.85. The van der Waals surface area contributed by atoms with Gasteiger partial charge in [0.25, 0.3) is 0 Å². The fourth-order valence-corrected chi connectivity index (χ4v) is 0.950. The van der Waals surface area contributed by atoms with Crippen molar-refractivity contribution in [2.45, 2.75) is 20.0 Å². The third kappa shape index (κ3) is 3.11. The summed E-state index contributed by atoms with van der Waals surface area (Å²) in [5.41, 5.74) is 0. The van der Waals surface area contributed by atoms with Crippen LogP contribution in [0.4, 0.5) is 0 Å². The monoisotopic (exact) mass is 182 g/mol. The zero-order valence-corrected chi connectivity index (χ0v) is 7.44. The van der Waals surface area contributed by atoms with Crippen molar-refractivity contribution in [1.29, 1.82) is 0 Å². The summed E-state index contributed by atoms with van der Waals surface area (Å²) < 4.78 is 9.65. The lowest BCUT2D eigenvalue weighted by molar-refractivity contribution is -0.140. The van der Waals surface area contributed by atoms with Gasteiger partial charge in [0, 0.05) is 12.2 Å². The van der Waals surface area contributed by atoms with Crippen LogP contribution in [0.3, 0.4) is 0 Å². The lowest BCUT2D eigenvalue weighted by Crippen LogP contribution is -2.10. The molecule has 1 aliphatic rings. The normalized spacial score (nSPS) is 30.0. The average molecular weight is 182 g/mol. The Morgan fingerprint density at radius 1 is 1.23 bits per heavy atom. The van der Waals surface area contributed by atoms with Crippen LogP contribution in [-0.4, -0.2) is 18.0 Å². The third-order valence-electron chi connectivity index (χ3n) is 1.39. The lowest BCUT2D eigenvalue weighted by Gasteiger charge is -2.06. The standard InChI is InChI=1S/C9H10O4/c1-6-5-7(2)13-9(11)4-3-8(10)12-6/h3-6H,1-2H3/b4-3-,7-5-. The maximum Gasteiger partial charge on any atom is 0.336 e. The molecule has 1 aliphatic heterocycles. The Bertz CT molecular complexity index is 288. The van der Waals surface area contributed by atoms with E-state index in [9.17, 15) is 9.59 Å². The molecular formula is C9H10O4. The molecular weight excluding hydrogens is 172 g/mol. The van der Waals surface area contributed by atoms with Gasteiger partial charge < -0.3 is 9.47 Å². The van der Waals surface area contributed by atoms with Crippen molar-refractivity contribution in [2.75, 3.05) is 0 Å². The van der Waals surface area contributed by atoms with Gasteiger partial charge in [0.2, 0.25) is 0 Å². The van der Waals surface area contributed by atoms with Gasteiger partial charge in [0.1, 0.15) is 11.9 Å². The van der Waals surface area contributed by atoms with Crippen LogP contribution in [0.1, 0.15) is 13.8 Å². The van der Waals surface area contributed by atoms with Crippen LogP contribution in [0.15, 0.2) is 24.0 Å². The van der Waals surface area contributed by atoms with Crippen LogP contribution in [0, 0.1) is 0 Å². The molecule has 0 fully saturated rings. The van der Waals surface area contributed by atoms with Gasteiger partial charge in [0.05, 0.1) is 0 Å². The molecule has 0 aromatic carbocycles. The Labute approximate surface area is 75.8 Å². The number of esters is 2. The van der Waals surface area contributed by atoms with Gasteiger partial charge in [-0.25, -0.2) is 9.59 Å². The molecule has 0 aromatic rings. The first kappa shape index (κ1) is 9.51. The van der Waals surface area contributed by atoms with Crippen molar-refractivity contribution in [2.24, 2.45) is 0 Å². The highest BCUT2D eigenvalue weighted by atomic mass is 16.6. The highest BCUT2D eigenvalue weighted by Crippen LogP contribution is 2.05. The highest BCUT2D eigenvalue weighted by molar-refractivity contribution is 5.92. The fourth-order valence-electron chi connectivity index (χ4n) is 0.950. The van der Waals surface area contributed by atoms with Crippen LogP contribution in [0.25, 0.3) is 0 Å². The molecule has 1 atom stereocenters. The second kappa shape index (κ2) is 3.89. The van der Waals surface area contributed by atoms with Gasteiger partial charge in [-0.1, -0.05) is 0 Å². The Morgan fingerprint density at radius 2 is 1.85 bits per heavy atom. The summed E-state index contributed by atoms with van der Waals surface area (Å²) in [4.78, 5) is 21.8. The minimum absolute atomic E-state index is 0.386. The molecule has 1 heterocycles. The van der Waals surface area contributed by atoms with E-state index < -0.39 is 11.9 Å². The van der Waals surface area contributed by atoms with Gasteiger partial charge in [-0.15, -0.1) is 0 Å². The first-order chi connectivity index (χ1) is 6.08. The van der Waals surface area contributed by atoms with Gasteiger partial charge in [-0.05, 0) is 19.9 Å². The molecule has 0 amide bonds. The van der Waals surface area contributed by atoms with Crippen molar-refractivity contribution in [3.63, 3.8) is 0 Å². The molecule has 0 saturated carbocycles. The van der Waals surface area contributed by atoms with Crippen LogP contribution < -0.4 is 0 Å². The largest absolute Gasteiger partial charge is 0.455 e. The highest BCUT2D eigenvalue weighted by Gasteiger charge is 2.09. The van der Waals surface area contributed by atoms with Gasteiger partial charge >= 0.3 is 11.9 Å². The van der Waals surface area contributed by atoms with E-state index in [1.807, 2.05) is 0 Å². The number of cyclic esters (lactones) is 2. The molecule has 1 rings (SSSR count). The second-order valence-electron chi connectivity index (χ2n) is 2.67. The number of carbonyl (C=O) groups excluding carboxylic acids is 2. The summed E-state index contributed by atoms with van der Waals surface area (Å²) in [5.74, 6) is -0.688. The number of hydrogen-bond acceptors (Lipinski definition) is 4. The molecule has 4 heteroatoms. The molecule has 0 saturated heterocycles. The molecule has 0 bridgehead atoms. The second-order valence-corrected chi connectivity index (χ2v) is 2.67. The van der Waals surface area contributed by atoms with E-state index in [4.69, 9.17) is 9.47 Å². The lowest BCUT2D eigenvalue weighted by atomic mass is 10.3. The first-order valence-electron chi connectivity index (χ1n) is 3.87. The minimum atomic E-state index is -0.570. The topological polar surface area (TPSA) is 52.6 Å². The molecule has 0 spiro atoms. The maximum absolute atomic E-state index is 10.9. The summed E-state index contributed by atoms with van der Waals surface area (Å²) in [6.45, 7) is 3.32. The smallest absolute Gasteiger partial charge is 0.336 e. The van der Waals surface area contributed by atoms with E-state index >= 15 is 0 Å². The summed E-state index contributed by atoms with van der Waals surface area (Å²) in [5, 5.41) is 0.